The molecule has 0 bridgehead atoms. The Balaban J connectivity index is 1.50. The second kappa shape index (κ2) is 10.3. The Morgan fingerprint density at radius 3 is 2.55 bits per heavy atom. The lowest BCUT2D eigenvalue weighted by molar-refractivity contribution is -0.154. The van der Waals surface area contributed by atoms with Crippen molar-refractivity contribution in [2.75, 3.05) is 19.8 Å². The van der Waals surface area contributed by atoms with Crippen LogP contribution in [0.25, 0.3) is 20.2 Å². The summed E-state index contributed by atoms with van der Waals surface area (Å²) in [5.41, 5.74) is 0.933. The highest BCUT2D eigenvalue weighted by Gasteiger charge is 2.13. The monoisotopic (exact) mass is 442 g/mol. The number of ether oxygens (including phenoxy) is 3. The van der Waals surface area contributed by atoms with Gasteiger partial charge in [0.05, 0.1) is 6.61 Å². The molecule has 162 valence electrons. The van der Waals surface area contributed by atoms with Gasteiger partial charge in [-0.25, -0.2) is 9.59 Å². The molecular weight excluding hydrogens is 420 g/mol. The Morgan fingerprint density at radius 2 is 1.77 bits per heavy atom. The molecule has 1 unspecified atom stereocenters. The molecule has 0 aliphatic heterocycles. The van der Waals surface area contributed by atoms with E-state index in [1.165, 1.54) is 6.92 Å². The molecule has 7 nitrogen and oxygen atoms in total. The van der Waals surface area contributed by atoms with Gasteiger partial charge in [-0.1, -0.05) is 24.8 Å². The lowest BCUT2D eigenvalue weighted by Crippen LogP contribution is -2.26. The summed E-state index contributed by atoms with van der Waals surface area (Å²) < 4.78 is 16.9. The van der Waals surface area contributed by atoms with Crippen molar-refractivity contribution in [1.29, 1.82) is 0 Å². The van der Waals surface area contributed by atoms with Gasteiger partial charge in [-0.2, -0.15) is 0 Å². The molecule has 31 heavy (non-hydrogen) atoms. The molecular formula is C23H22O7S. The van der Waals surface area contributed by atoms with E-state index >= 15 is 0 Å². The van der Waals surface area contributed by atoms with Crippen molar-refractivity contribution in [1.82, 2.24) is 0 Å². The summed E-state index contributed by atoms with van der Waals surface area (Å²) in [7, 11) is 0. The average Bonchev–Trinajstić information content (AvgIpc) is 2.76. The second-order valence-corrected chi connectivity index (χ2v) is 8.05. The molecule has 0 spiro atoms. The third-order valence-corrected chi connectivity index (χ3v) is 5.47. The predicted molar refractivity (Wildman–Crippen MR) is 118 cm³/mol. The number of hydrogen-bond donors (Lipinski definition) is 1. The minimum absolute atomic E-state index is 0.0352. The van der Waals surface area contributed by atoms with E-state index in [1.807, 2.05) is 30.3 Å². The topological polar surface area (TPSA) is 99.1 Å². The number of rotatable bonds is 9. The van der Waals surface area contributed by atoms with Crippen molar-refractivity contribution < 1.29 is 28.9 Å². The Kier molecular flexibility index (Phi) is 7.51. The largest absolute Gasteiger partial charge is 0.461 e. The van der Waals surface area contributed by atoms with Gasteiger partial charge in [-0.3, -0.25) is 4.79 Å². The fraction of sp³-hybridized carbons (Fsp3) is 0.261. The summed E-state index contributed by atoms with van der Waals surface area (Å²) in [6, 6.07) is 12.9. The summed E-state index contributed by atoms with van der Waals surface area (Å²) >= 11 is 1.54. The van der Waals surface area contributed by atoms with E-state index in [1.54, 1.807) is 23.5 Å². The summed E-state index contributed by atoms with van der Waals surface area (Å²) in [5.74, 6) is -1.29. The van der Waals surface area contributed by atoms with Crippen LogP contribution in [0, 0.1) is 0 Å². The number of carbonyl (C=O) groups excluding carboxylic acids is 2. The molecule has 0 saturated carbocycles. The van der Waals surface area contributed by atoms with Crippen LogP contribution in [0.4, 0.5) is 0 Å². The quantitative estimate of drug-likeness (QED) is 0.309. The summed E-state index contributed by atoms with van der Waals surface area (Å²) in [4.78, 5) is 35.8. The smallest absolute Gasteiger partial charge is 0.333 e. The molecule has 0 aliphatic carbocycles. The van der Waals surface area contributed by atoms with Crippen LogP contribution < -0.4 is 5.43 Å². The fourth-order valence-corrected chi connectivity index (χ4v) is 3.82. The molecule has 0 aliphatic rings. The lowest BCUT2D eigenvalue weighted by Gasteiger charge is -2.12. The highest BCUT2D eigenvalue weighted by atomic mass is 32.1. The third-order valence-electron chi connectivity index (χ3n) is 4.32. The van der Waals surface area contributed by atoms with E-state index in [0.717, 1.165) is 15.0 Å². The fourth-order valence-electron chi connectivity index (χ4n) is 2.77. The molecule has 3 rings (SSSR count). The second-order valence-electron chi connectivity index (χ2n) is 6.97. The summed E-state index contributed by atoms with van der Waals surface area (Å²) in [6.07, 6.45) is -1.14. The molecule has 8 heteroatoms. The van der Waals surface area contributed by atoms with Crippen LogP contribution >= 0.6 is 11.3 Å². The van der Waals surface area contributed by atoms with Crippen LogP contribution in [0.3, 0.4) is 0 Å². The maximum atomic E-state index is 12.7. The van der Waals surface area contributed by atoms with Gasteiger partial charge in [-0.05, 0) is 36.8 Å². The van der Waals surface area contributed by atoms with Gasteiger partial charge in [0.2, 0.25) is 0 Å². The number of carbonyl (C=O) groups is 2. The van der Waals surface area contributed by atoms with Gasteiger partial charge in [0.15, 0.2) is 5.43 Å². The average molecular weight is 442 g/mol. The van der Waals surface area contributed by atoms with E-state index in [4.69, 9.17) is 14.2 Å². The molecule has 0 fully saturated rings. The lowest BCUT2D eigenvalue weighted by atomic mass is 10.1. The molecule has 2 aromatic carbocycles. The first kappa shape index (κ1) is 22.6. The van der Waals surface area contributed by atoms with Crippen LogP contribution in [0.1, 0.15) is 12.5 Å². The Morgan fingerprint density at radius 1 is 1.06 bits per heavy atom. The normalized spacial score (nSPS) is 11.9. The zero-order chi connectivity index (χ0) is 22.4. The highest BCUT2D eigenvalue weighted by Crippen LogP contribution is 2.25. The van der Waals surface area contributed by atoms with E-state index in [-0.39, 0.29) is 37.4 Å². The molecule has 0 amide bonds. The Labute approximate surface area is 182 Å². The van der Waals surface area contributed by atoms with Crippen LogP contribution in [0.2, 0.25) is 0 Å². The van der Waals surface area contributed by atoms with E-state index < -0.39 is 18.0 Å². The Hall–Kier alpha value is -3.07. The van der Waals surface area contributed by atoms with Crippen LogP contribution in [0.15, 0.2) is 59.4 Å². The minimum Gasteiger partial charge on any atom is -0.461 e. The van der Waals surface area contributed by atoms with Gasteiger partial charge in [0.1, 0.15) is 25.9 Å². The number of hydrogen-bond acceptors (Lipinski definition) is 8. The number of fused-ring (bicyclic) bond motifs is 2. The first-order chi connectivity index (χ1) is 14.8. The van der Waals surface area contributed by atoms with Gasteiger partial charge >= 0.3 is 11.9 Å². The summed E-state index contributed by atoms with van der Waals surface area (Å²) in [6.45, 7) is 4.10. The van der Waals surface area contributed by atoms with Gasteiger partial charge in [0, 0.05) is 25.7 Å². The number of aliphatic hydroxyl groups is 1. The van der Waals surface area contributed by atoms with Gasteiger partial charge < -0.3 is 19.3 Å². The third kappa shape index (κ3) is 5.97. The van der Waals surface area contributed by atoms with E-state index in [9.17, 15) is 19.5 Å². The standard InChI is InChI=1S/C23H22O7S/c1-14(2)23(27)30-12-16(24)11-29-21(25)13-28-10-15-7-8-20-18(9-15)22(26)17-5-3-4-6-19(17)31-20/h3-9,16,24H,1,10-13H2,2H3. The maximum Gasteiger partial charge on any atom is 0.333 e. The van der Waals surface area contributed by atoms with Crippen molar-refractivity contribution >= 4 is 43.4 Å². The zero-order valence-electron chi connectivity index (χ0n) is 17.0. The van der Waals surface area contributed by atoms with Crippen molar-refractivity contribution in [3.63, 3.8) is 0 Å². The van der Waals surface area contributed by atoms with Crippen molar-refractivity contribution in [3.8, 4) is 0 Å². The first-order valence-corrected chi connectivity index (χ1v) is 10.4. The summed E-state index contributed by atoms with van der Waals surface area (Å²) in [5, 5.41) is 11.0. The first-order valence-electron chi connectivity index (χ1n) is 9.53. The molecule has 1 atom stereocenters. The predicted octanol–water partition coefficient (Wildman–Crippen LogP) is 2.95. The van der Waals surface area contributed by atoms with E-state index in [2.05, 4.69) is 6.58 Å². The van der Waals surface area contributed by atoms with Crippen LogP contribution in [-0.2, 0) is 30.4 Å². The SMILES string of the molecule is C=C(C)C(=O)OCC(O)COC(=O)COCc1ccc2sc3ccccc3c(=O)c2c1. The van der Waals surface area contributed by atoms with Crippen LogP contribution in [0.5, 0.6) is 0 Å². The van der Waals surface area contributed by atoms with Crippen molar-refractivity contribution in [2.45, 2.75) is 19.6 Å². The van der Waals surface area contributed by atoms with Gasteiger partial charge in [0.25, 0.3) is 0 Å². The number of aliphatic hydroxyl groups excluding tert-OH is 1. The molecule has 1 aromatic heterocycles. The molecule has 0 saturated heterocycles. The number of benzene rings is 2. The Bertz CT molecular complexity index is 1180. The maximum absolute atomic E-state index is 12.7. The molecule has 1 heterocycles. The molecule has 3 aromatic rings. The molecule has 1 N–H and O–H groups in total. The van der Waals surface area contributed by atoms with E-state index in [0.29, 0.717) is 10.8 Å². The highest BCUT2D eigenvalue weighted by molar-refractivity contribution is 7.24. The van der Waals surface area contributed by atoms with Gasteiger partial charge in [-0.15, -0.1) is 11.3 Å². The van der Waals surface area contributed by atoms with Crippen molar-refractivity contribution in [2.24, 2.45) is 0 Å². The van der Waals surface area contributed by atoms with Crippen molar-refractivity contribution in [3.05, 3.63) is 70.4 Å². The molecule has 0 radical (unpaired) electrons. The van der Waals surface area contributed by atoms with Crippen LogP contribution in [-0.4, -0.2) is 43.0 Å². The number of esters is 2. The zero-order valence-corrected chi connectivity index (χ0v) is 17.8. The minimum atomic E-state index is -1.14.